The van der Waals surface area contributed by atoms with Crippen molar-refractivity contribution in [3.63, 3.8) is 0 Å². The lowest BCUT2D eigenvalue weighted by Crippen LogP contribution is -2.31. The first-order chi connectivity index (χ1) is 10.8. The smallest absolute Gasteiger partial charge is 0.336 e. The van der Waals surface area contributed by atoms with Gasteiger partial charge in [0.05, 0.1) is 34.2 Å². The van der Waals surface area contributed by atoms with E-state index in [1.165, 1.54) is 7.11 Å². The van der Waals surface area contributed by atoms with E-state index in [1.807, 2.05) is 0 Å². The van der Waals surface area contributed by atoms with Gasteiger partial charge in [-0.15, -0.1) is 12.4 Å². The maximum absolute atomic E-state index is 12.2. The summed E-state index contributed by atoms with van der Waals surface area (Å²) in [6.45, 7) is 3.31. The predicted octanol–water partition coefficient (Wildman–Crippen LogP) is 3.91. The number of aliphatic carboxylic acids is 1. The van der Waals surface area contributed by atoms with Gasteiger partial charge >= 0.3 is 11.9 Å². The number of nitrogens with one attached hydrogen (secondary N) is 1. The van der Waals surface area contributed by atoms with Crippen molar-refractivity contribution in [1.29, 1.82) is 0 Å². The molecule has 1 aromatic carbocycles. The molecule has 0 amide bonds. The maximum Gasteiger partial charge on any atom is 0.336 e. The number of methoxy groups -OCH3 is 1. The number of carboxylic acids is 1. The summed E-state index contributed by atoms with van der Waals surface area (Å²) < 4.78 is 4.82. The van der Waals surface area contributed by atoms with Crippen LogP contribution in [-0.4, -0.2) is 24.2 Å². The Balaban J connectivity index is 0.00000288. The van der Waals surface area contributed by atoms with Crippen LogP contribution in [0.5, 0.6) is 0 Å². The Hall–Kier alpha value is -1.69. The number of benzene rings is 1. The predicted molar refractivity (Wildman–Crippen MR) is 94.6 cm³/mol. The van der Waals surface area contributed by atoms with Crippen LogP contribution in [0, 0.1) is 0 Å². The summed E-state index contributed by atoms with van der Waals surface area (Å²) >= 11 is 12.3. The Labute approximate surface area is 155 Å². The Kier molecular flexibility index (Phi) is 6.72. The van der Waals surface area contributed by atoms with Gasteiger partial charge in [-0.2, -0.15) is 0 Å². The lowest BCUT2D eigenvalue weighted by Gasteiger charge is -2.30. The Bertz CT molecular complexity index is 756. The number of carbonyl (C=O) groups is 2. The molecule has 1 aromatic rings. The van der Waals surface area contributed by atoms with Crippen LogP contribution in [0.25, 0.3) is 0 Å². The Morgan fingerprint density at radius 2 is 1.75 bits per heavy atom. The molecule has 130 valence electrons. The van der Waals surface area contributed by atoms with Gasteiger partial charge in [0, 0.05) is 11.4 Å². The van der Waals surface area contributed by atoms with Crippen LogP contribution >= 0.6 is 35.6 Å². The fraction of sp³-hybridized carbons (Fsp3) is 0.250. The van der Waals surface area contributed by atoms with Gasteiger partial charge in [-0.3, -0.25) is 0 Å². The van der Waals surface area contributed by atoms with Crippen LogP contribution < -0.4 is 5.32 Å². The van der Waals surface area contributed by atoms with Gasteiger partial charge in [-0.1, -0.05) is 35.3 Å². The summed E-state index contributed by atoms with van der Waals surface area (Å²) in [5, 5.41) is 13.0. The molecule has 1 unspecified atom stereocenters. The number of rotatable bonds is 3. The van der Waals surface area contributed by atoms with Crippen molar-refractivity contribution in [2.75, 3.05) is 7.11 Å². The molecule has 0 aliphatic carbocycles. The minimum atomic E-state index is -1.15. The molecule has 5 nitrogen and oxygen atoms in total. The van der Waals surface area contributed by atoms with E-state index >= 15 is 0 Å². The first kappa shape index (κ1) is 20.4. The monoisotopic (exact) mass is 391 g/mol. The zero-order valence-corrected chi connectivity index (χ0v) is 15.5. The van der Waals surface area contributed by atoms with Gasteiger partial charge in [0.25, 0.3) is 0 Å². The minimum Gasteiger partial charge on any atom is -0.478 e. The molecule has 2 rings (SSSR count). The highest BCUT2D eigenvalue weighted by molar-refractivity contribution is 6.42. The second-order valence-corrected chi connectivity index (χ2v) is 5.86. The number of hydrogen-bond acceptors (Lipinski definition) is 4. The minimum absolute atomic E-state index is 0. The molecular formula is C16H16Cl3NO4. The average molecular weight is 393 g/mol. The second kappa shape index (κ2) is 7.92. The van der Waals surface area contributed by atoms with Crippen molar-refractivity contribution in [3.05, 3.63) is 56.3 Å². The number of ether oxygens (including phenoxy) is 1. The van der Waals surface area contributed by atoms with E-state index in [0.29, 0.717) is 17.0 Å². The number of carboxylic acid groups (broad SMARTS) is 1. The third-order valence-corrected chi connectivity index (χ3v) is 4.52. The number of carbonyl (C=O) groups excluding carboxylic acids is 1. The summed E-state index contributed by atoms with van der Waals surface area (Å²) in [5.74, 6) is -2.64. The van der Waals surface area contributed by atoms with Gasteiger partial charge in [-0.05, 0) is 25.5 Å². The Morgan fingerprint density at radius 3 is 2.29 bits per heavy atom. The summed E-state index contributed by atoms with van der Waals surface area (Å²) in [6, 6.07) is 4.90. The van der Waals surface area contributed by atoms with Crippen molar-refractivity contribution in [3.8, 4) is 0 Å². The van der Waals surface area contributed by atoms with Gasteiger partial charge < -0.3 is 15.2 Å². The van der Waals surface area contributed by atoms with Gasteiger partial charge in [0.15, 0.2) is 0 Å². The molecule has 1 aliphatic heterocycles. The first-order valence-electron chi connectivity index (χ1n) is 6.73. The van der Waals surface area contributed by atoms with Crippen molar-refractivity contribution in [1.82, 2.24) is 5.32 Å². The highest BCUT2D eigenvalue weighted by Gasteiger charge is 2.38. The van der Waals surface area contributed by atoms with E-state index in [2.05, 4.69) is 5.32 Å². The summed E-state index contributed by atoms with van der Waals surface area (Å²) in [4.78, 5) is 24.0. The SMILES string of the molecule is COC(=O)C1=C(C)NC(C)=C(C(=O)O)C1c1cccc(Cl)c1Cl.Cl. The van der Waals surface area contributed by atoms with Crippen LogP contribution in [0.15, 0.2) is 40.7 Å². The molecule has 0 saturated heterocycles. The van der Waals surface area contributed by atoms with Crippen LogP contribution in [0.1, 0.15) is 25.3 Å². The molecule has 0 radical (unpaired) electrons. The molecular weight excluding hydrogens is 377 g/mol. The molecule has 2 N–H and O–H groups in total. The number of esters is 1. The van der Waals surface area contributed by atoms with Crippen LogP contribution in [0.2, 0.25) is 10.0 Å². The highest BCUT2D eigenvalue weighted by atomic mass is 35.5. The van der Waals surface area contributed by atoms with Crippen molar-refractivity contribution in [2.45, 2.75) is 19.8 Å². The van der Waals surface area contributed by atoms with Crippen molar-refractivity contribution >= 4 is 47.5 Å². The molecule has 8 heteroatoms. The lowest BCUT2D eigenvalue weighted by molar-refractivity contribution is -0.136. The molecule has 1 heterocycles. The topological polar surface area (TPSA) is 75.6 Å². The number of dihydropyridines is 1. The third-order valence-electron chi connectivity index (χ3n) is 3.69. The van der Waals surface area contributed by atoms with Gasteiger partial charge in [-0.25, -0.2) is 9.59 Å². The van der Waals surface area contributed by atoms with Crippen LogP contribution in [0.3, 0.4) is 0 Å². The van der Waals surface area contributed by atoms with Crippen LogP contribution in [0.4, 0.5) is 0 Å². The van der Waals surface area contributed by atoms with E-state index in [9.17, 15) is 14.7 Å². The van der Waals surface area contributed by atoms with Gasteiger partial charge in [0.1, 0.15) is 0 Å². The number of halogens is 3. The molecule has 1 atom stereocenters. The normalized spacial score (nSPS) is 17.1. The number of allylic oxidation sites excluding steroid dienone is 2. The van der Waals surface area contributed by atoms with Gasteiger partial charge in [0.2, 0.25) is 0 Å². The summed E-state index contributed by atoms with van der Waals surface area (Å²) in [6.07, 6.45) is 0. The van der Waals surface area contributed by atoms with E-state index in [4.69, 9.17) is 27.9 Å². The fourth-order valence-electron chi connectivity index (χ4n) is 2.71. The lowest BCUT2D eigenvalue weighted by atomic mass is 9.80. The maximum atomic E-state index is 12.2. The molecule has 0 spiro atoms. The molecule has 0 saturated carbocycles. The van der Waals surface area contributed by atoms with E-state index < -0.39 is 17.9 Å². The Morgan fingerprint density at radius 1 is 1.17 bits per heavy atom. The first-order valence-corrected chi connectivity index (χ1v) is 7.49. The van der Waals surface area contributed by atoms with Crippen molar-refractivity contribution in [2.24, 2.45) is 0 Å². The molecule has 1 aliphatic rings. The third kappa shape index (κ3) is 3.53. The molecule has 0 fully saturated rings. The standard InChI is InChI=1S/C16H15Cl2NO4.ClH/c1-7-11(15(20)21)13(9-5-4-6-10(17)14(9)18)12(8(2)19-7)16(22)23-3;/h4-6,13,19H,1-3H3,(H,20,21);1H. The molecule has 24 heavy (non-hydrogen) atoms. The largest absolute Gasteiger partial charge is 0.478 e. The zero-order chi connectivity index (χ0) is 17.3. The summed E-state index contributed by atoms with van der Waals surface area (Å²) in [7, 11) is 1.24. The van der Waals surface area contributed by atoms with E-state index in [1.54, 1.807) is 32.0 Å². The zero-order valence-electron chi connectivity index (χ0n) is 13.1. The quantitative estimate of drug-likeness (QED) is 0.763. The molecule has 0 bridgehead atoms. The van der Waals surface area contributed by atoms with Crippen molar-refractivity contribution < 1.29 is 19.4 Å². The number of hydrogen-bond donors (Lipinski definition) is 2. The van der Waals surface area contributed by atoms with E-state index in [0.717, 1.165) is 0 Å². The second-order valence-electron chi connectivity index (χ2n) is 5.08. The summed E-state index contributed by atoms with van der Waals surface area (Å²) in [5.41, 5.74) is 1.61. The highest BCUT2D eigenvalue weighted by Crippen LogP contribution is 2.43. The average Bonchev–Trinajstić information content (AvgIpc) is 2.48. The van der Waals surface area contributed by atoms with E-state index in [-0.39, 0.29) is 33.6 Å². The molecule has 0 aromatic heterocycles. The van der Waals surface area contributed by atoms with Crippen LogP contribution in [-0.2, 0) is 14.3 Å². The fourth-order valence-corrected chi connectivity index (χ4v) is 3.13.